The summed E-state index contributed by atoms with van der Waals surface area (Å²) in [6.45, 7) is 0. The van der Waals surface area contributed by atoms with Crippen molar-refractivity contribution in [1.29, 1.82) is 0 Å². The number of rotatable bonds is 4. The number of nitrogen functional groups attached to an aromatic ring is 1. The smallest absolute Gasteiger partial charge is 0.210 e. The van der Waals surface area contributed by atoms with E-state index in [1.807, 2.05) is 12.1 Å². The summed E-state index contributed by atoms with van der Waals surface area (Å²) >= 11 is 7.19. The minimum absolute atomic E-state index is 0.240. The van der Waals surface area contributed by atoms with Crippen molar-refractivity contribution in [2.45, 2.75) is 10.9 Å². The highest BCUT2D eigenvalue weighted by Gasteiger charge is 2.13. The molecule has 0 aliphatic heterocycles. The van der Waals surface area contributed by atoms with Gasteiger partial charge in [0.05, 0.1) is 0 Å². The van der Waals surface area contributed by atoms with Crippen LogP contribution in [0.25, 0.3) is 11.4 Å². The average Bonchev–Trinajstić information content (AvgIpc) is 2.88. The van der Waals surface area contributed by atoms with Crippen LogP contribution in [0.1, 0.15) is 5.56 Å². The summed E-state index contributed by atoms with van der Waals surface area (Å²) in [7, 11) is 0. The molecule has 112 valence electrons. The predicted octanol–water partition coefficient (Wildman–Crippen LogP) is 3.74. The fraction of sp³-hybridized carbons (Fsp3) is 0.0667. The van der Waals surface area contributed by atoms with Crippen molar-refractivity contribution in [3.63, 3.8) is 0 Å². The third kappa shape index (κ3) is 3.08. The zero-order chi connectivity index (χ0) is 15.5. The largest absolute Gasteiger partial charge is 0.335 e. The van der Waals surface area contributed by atoms with Crippen molar-refractivity contribution in [3.8, 4) is 11.4 Å². The average molecular weight is 335 g/mol. The predicted molar refractivity (Wildman–Crippen MR) is 86.6 cm³/mol. The van der Waals surface area contributed by atoms with E-state index in [2.05, 4.69) is 10.2 Å². The molecule has 7 heteroatoms. The first-order chi connectivity index (χ1) is 10.6. The molecule has 3 rings (SSSR count). The molecular formula is C15H12ClFN4S. The molecule has 3 aromatic rings. The highest BCUT2D eigenvalue weighted by Crippen LogP contribution is 2.25. The third-order valence-electron chi connectivity index (χ3n) is 3.08. The molecular weight excluding hydrogens is 323 g/mol. The Morgan fingerprint density at radius 1 is 1.09 bits per heavy atom. The standard InChI is InChI=1S/C15H12ClFN4S/c16-12-7-5-10(6-8-12)14-19-20-15(21(14)18)22-9-11-3-1-2-4-13(11)17/h1-8H,9,18H2. The van der Waals surface area contributed by atoms with E-state index in [9.17, 15) is 4.39 Å². The van der Waals surface area contributed by atoms with Crippen LogP contribution in [0.4, 0.5) is 4.39 Å². The normalized spacial score (nSPS) is 10.8. The molecule has 1 heterocycles. The number of nitrogens with zero attached hydrogens (tertiary/aromatic N) is 3. The Labute approximate surface area is 136 Å². The van der Waals surface area contributed by atoms with Crippen LogP contribution in [0.5, 0.6) is 0 Å². The van der Waals surface area contributed by atoms with Gasteiger partial charge in [0.1, 0.15) is 5.82 Å². The van der Waals surface area contributed by atoms with Crippen molar-refractivity contribution in [2.75, 3.05) is 5.84 Å². The maximum Gasteiger partial charge on any atom is 0.210 e. The van der Waals surface area contributed by atoms with E-state index in [0.29, 0.717) is 27.3 Å². The van der Waals surface area contributed by atoms with Crippen LogP contribution in [0.3, 0.4) is 0 Å². The fourth-order valence-corrected chi connectivity index (χ4v) is 2.90. The summed E-state index contributed by atoms with van der Waals surface area (Å²) in [6.07, 6.45) is 0. The minimum atomic E-state index is -0.240. The lowest BCUT2D eigenvalue weighted by molar-refractivity contribution is 0.617. The molecule has 0 saturated carbocycles. The minimum Gasteiger partial charge on any atom is -0.335 e. The Morgan fingerprint density at radius 3 is 2.55 bits per heavy atom. The van der Waals surface area contributed by atoms with Crippen LogP contribution < -0.4 is 5.84 Å². The van der Waals surface area contributed by atoms with E-state index in [1.165, 1.54) is 22.5 Å². The molecule has 0 aliphatic rings. The highest BCUT2D eigenvalue weighted by atomic mass is 35.5. The molecule has 2 aromatic carbocycles. The van der Waals surface area contributed by atoms with Gasteiger partial charge in [-0.15, -0.1) is 10.2 Å². The zero-order valence-electron chi connectivity index (χ0n) is 11.4. The second-order valence-electron chi connectivity index (χ2n) is 4.56. The van der Waals surface area contributed by atoms with Crippen molar-refractivity contribution >= 4 is 23.4 Å². The van der Waals surface area contributed by atoms with Crippen LogP contribution in [-0.4, -0.2) is 14.9 Å². The van der Waals surface area contributed by atoms with Gasteiger partial charge in [0, 0.05) is 16.3 Å². The second-order valence-corrected chi connectivity index (χ2v) is 5.94. The third-order valence-corrected chi connectivity index (χ3v) is 4.33. The number of hydrogen-bond acceptors (Lipinski definition) is 4. The van der Waals surface area contributed by atoms with Crippen molar-refractivity contribution < 1.29 is 4.39 Å². The topological polar surface area (TPSA) is 56.7 Å². The van der Waals surface area contributed by atoms with Gasteiger partial charge in [-0.05, 0) is 35.9 Å². The first kappa shape index (κ1) is 14.9. The summed E-state index contributed by atoms with van der Waals surface area (Å²) < 4.78 is 15.0. The van der Waals surface area contributed by atoms with E-state index in [1.54, 1.807) is 30.3 Å². The molecule has 0 spiro atoms. The first-order valence-corrected chi connectivity index (χ1v) is 7.84. The number of thioether (sulfide) groups is 1. The molecule has 0 saturated heterocycles. The molecule has 1 aromatic heterocycles. The molecule has 0 bridgehead atoms. The summed E-state index contributed by atoms with van der Waals surface area (Å²) in [5.41, 5.74) is 1.42. The second kappa shape index (κ2) is 6.37. The summed E-state index contributed by atoms with van der Waals surface area (Å²) in [5, 5.41) is 9.30. The Balaban J connectivity index is 1.79. The molecule has 2 N–H and O–H groups in total. The SMILES string of the molecule is Nn1c(SCc2ccccc2F)nnc1-c1ccc(Cl)cc1. The van der Waals surface area contributed by atoms with E-state index in [0.717, 1.165) is 5.56 Å². The van der Waals surface area contributed by atoms with Crippen LogP contribution in [0, 0.1) is 5.82 Å². The molecule has 4 nitrogen and oxygen atoms in total. The lowest BCUT2D eigenvalue weighted by atomic mass is 10.2. The van der Waals surface area contributed by atoms with Crippen LogP contribution >= 0.6 is 23.4 Å². The number of nitrogens with two attached hydrogens (primary N) is 1. The van der Waals surface area contributed by atoms with Gasteiger partial charge in [-0.3, -0.25) is 0 Å². The fourth-order valence-electron chi connectivity index (χ4n) is 1.93. The van der Waals surface area contributed by atoms with Gasteiger partial charge < -0.3 is 5.84 Å². The van der Waals surface area contributed by atoms with Crippen molar-refractivity contribution in [2.24, 2.45) is 0 Å². The van der Waals surface area contributed by atoms with Crippen molar-refractivity contribution in [1.82, 2.24) is 14.9 Å². The maximum atomic E-state index is 13.6. The zero-order valence-corrected chi connectivity index (χ0v) is 13.0. The van der Waals surface area contributed by atoms with E-state index >= 15 is 0 Å². The van der Waals surface area contributed by atoms with Gasteiger partial charge >= 0.3 is 0 Å². The summed E-state index contributed by atoms with van der Waals surface area (Å²) in [4.78, 5) is 0. The first-order valence-electron chi connectivity index (χ1n) is 6.48. The lowest BCUT2D eigenvalue weighted by Gasteiger charge is -2.04. The Kier molecular flexibility index (Phi) is 4.31. The van der Waals surface area contributed by atoms with E-state index in [4.69, 9.17) is 17.4 Å². The lowest BCUT2D eigenvalue weighted by Crippen LogP contribution is -2.11. The van der Waals surface area contributed by atoms with Gasteiger partial charge in [0.15, 0.2) is 5.82 Å². The molecule has 0 aliphatic carbocycles. The molecule has 0 fully saturated rings. The number of halogens is 2. The van der Waals surface area contributed by atoms with E-state index < -0.39 is 0 Å². The molecule has 0 radical (unpaired) electrons. The van der Waals surface area contributed by atoms with Gasteiger partial charge in [-0.1, -0.05) is 41.6 Å². The van der Waals surface area contributed by atoms with Crippen LogP contribution in [0.15, 0.2) is 53.7 Å². The Bertz CT molecular complexity index is 788. The number of hydrogen-bond donors (Lipinski definition) is 1. The van der Waals surface area contributed by atoms with Crippen LogP contribution in [-0.2, 0) is 5.75 Å². The Hall–Kier alpha value is -2.05. The van der Waals surface area contributed by atoms with Crippen molar-refractivity contribution in [3.05, 3.63) is 64.9 Å². The Morgan fingerprint density at radius 2 is 1.82 bits per heavy atom. The molecule has 0 atom stereocenters. The quantitative estimate of drug-likeness (QED) is 0.583. The van der Waals surface area contributed by atoms with Gasteiger partial charge in [-0.25, -0.2) is 9.07 Å². The number of benzene rings is 2. The summed E-state index contributed by atoms with van der Waals surface area (Å²) in [6, 6.07) is 13.8. The molecule has 22 heavy (non-hydrogen) atoms. The molecule has 0 unspecified atom stereocenters. The number of aromatic nitrogens is 3. The highest BCUT2D eigenvalue weighted by molar-refractivity contribution is 7.98. The van der Waals surface area contributed by atoms with E-state index in [-0.39, 0.29) is 5.82 Å². The van der Waals surface area contributed by atoms with Gasteiger partial charge in [0.25, 0.3) is 0 Å². The summed E-state index contributed by atoms with van der Waals surface area (Å²) in [5.74, 6) is 6.75. The molecule has 0 amide bonds. The van der Waals surface area contributed by atoms with Gasteiger partial charge in [-0.2, -0.15) is 0 Å². The van der Waals surface area contributed by atoms with Crippen LogP contribution in [0.2, 0.25) is 5.02 Å². The van der Waals surface area contributed by atoms with Gasteiger partial charge in [0.2, 0.25) is 5.16 Å². The maximum absolute atomic E-state index is 13.6. The monoisotopic (exact) mass is 334 g/mol.